The average Bonchev–Trinajstić information content (AvgIpc) is 2.05. The van der Waals surface area contributed by atoms with Gasteiger partial charge in [0.1, 0.15) is 0 Å². The molecule has 0 fully saturated rings. The van der Waals surface area contributed by atoms with Gasteiger partial charge in [-0.3, -0.25) is 4.79 Å². The van der Waals surface area contributed by atoms with Crippen molar-refractivity contribution in [2.24, 2.45) is 0 Å². The minimum atomic E-state index is 0.279. The van der Waals surface area contributed by atoms with Crippen molar-refractivity contribution in [3.8, 4) is 0 Å². The third-order valence-electron chi connectivity index (χ3n) is 1.82. The lowest BCUT2D eigenvalue weighted by Crippen LogP contribution is -2.30. The molecule has 0 N–H and O–H groups in total. The van der Waals surface area contributed by atoms with Gasteiger partial charge >= 0.3 is 0 Å². The Morgan fingerprint density at radius 1 is 1.27 bits per heavy atom. The van der Waals surface area contributed by atoms with Crippen LogP contribution in [0.25, 0.3) is 0 Å². The van der Waals surface area contributed by atoms with Gasteiger partial charge in [-0.15, -0.1) is 0 Å². The second kappa shape index (κ2) is 6.20. The lowest BCUT2D eigenvalue weighted by atomic mass is 10.3. The Hall–Kier alpha value is -0.530. The largest absolute Gasteiger partial charge is 0.343 e. The fourth-order valence-electron chi connectivity index (χ4n) is 1.03. The Morgan fingerprint density at radius 2 is 1.91 bits per heavy atom. The average molecular weight is 157 g/mol. The first-order valence-corrected chi connectivity index (χ1v) is 4.54. The number of amides is 1. The van der Waals surface area contributed by atoms with Gasteiger partial charge in [0.2, 0.25) is 5.91 Å². The van der Waals surface area contributed by atoms with E-state index in [1.807, 2.05) is 18.7 Å². The molecule has 0 saturated heterocycles. The standard InChI is InChI=1S/C9H19NO/c1-4-7-8-10(6-3)9(11)5-2/h4-8H2,1-3H3. The van der Waals surface area contributed by atoms with Crippen molar-refractivity contribution in [3.05, 3.63) is 0 Å². The Kier molecular flexibility index (Phi) is 5.90. The fourth-order valence-corrected chi connectivity index (χ4v) is 1.03. The summed E-state index contributed by atoms with van der Waals surface area (Å²) < 4.78 is 0. The number of carbonyl (C=O) groups is 1. The molecule has 0 rings (SSSR count). The molecule has 2 nitrogen and oxygen atoms in total. The van der Waals surface area contributed by atoms with E-state index in [9.17, 15) is 4.79 Å². The lowest BCUT2D eigenvalue weighted by molar-refractivity contribution is -0.130. The van der Waals surface area contributed by atoms with E-state index in [4.69, 9.17) is 0 Å². The van der Waals surface area contributed by atoms with Gasteiger partial charge in [-0.1, -0.05) is 20.3 Å². The van der Waals surface area contributed by atoms with Crippen molar-refractivity contribution < 1.29 is 4.79 Å². The molecule has 2 heteroatoms. The summed E-state index contributed by atoms with van der Waals surface area (Å²) in [5, 5.41) is 0. The van der Waals surface area contributed by atoms with E-state index in [1.54, 1.807) is 0 Å². The molecule has 0 spiro atoms. The van der Waals surface area contributed by atoms with E-state index in [2.05, 4.69) is 6.92 Å². The molecule has 0 bridgehead atoms. The number of rotatable bonds is 5. The van der Waals surface area contributed by atoms with E-state index >= 15 is 0 Å². The zero-order valence-electron chi connectivity index (χ0n) is 7.89. The molecule has 0 aliphatic carbocycles. The fraction of sp³-hybridized carbons (Fsp3) is 0.889. The summed E-state index contributed by atoms with van der Waals surface area (Å²) in [4.78, 5) is 13.1. The van der Waals surface area contributed by atoms with Crippen LogP contribution in [-0.2, 0) is 4.79 Å². The van der Waals surface area contributed by atoms with Gasteiger partial charge in [-0.05, 0) is 13.3 Å². The summed E-state index contributed by atoms with van der Waals surface area (Å²) in [6.45, 7) is 7.87. The Morgan fingerprint density at radius 3 is 2.27 bits per heavy atom. The predicted octanol–water partition coefficient (Wildman–Crippen LogP) is 2.04. The molecule has 0 aromatic heterocycles. The maximum absolute atomic E-state index is 11.2. The van der Waals surface area contributed by atoms with Gasteiger partial charge in [0, 0.05) is 19.5 Å². The van der Waals surface area contributed by atoms with E-state index < -0.39 is 0 Å². The van der Waals surface area contributed by atoms with Crippen LogP contribution in [0.4, 0.5) is 0 Å². The molecule has 11 heavy (non-hydrogen) atoms. The van der Waals surface area contributed by atoms with Gasteiger partial charge in [0.05, 0.1) is 0 Å². The molecule has 0 atom stereocenters. The van der Waals surface area contributed by atoms with E-state index in [0.29, 0.717) is 6.42 Å². The highest BCUT2D eigenvalue weighted by Crippen LogP contribution is 1.97. The lowest BCUT2D eigenvalue weighted by Gasteiger charge is -2.19. The molecule has 0 radical (unpaired) electrons. The van der Waals surface area contributed by atoms with E-state index in [-0.39, 0.29) is 5.91 Å². The minimum absolute atomic E-state index is 0.279. The molecular weight excluding hydrogens is 138 g/mol. The zero-order chi connectivity index (χ0) is 8.69. The van der Waals surface area contributed by atoms with Crippen molar-refractivity contribution in [1.29, 1.82) is 0 Å². The number of hydrogen-bond acceptors (Lipinski definition) is 1. The Labute approximate surface area is 69.6 Å². The van der Waals surface area contributed by atoms with Crippen LogP contribution in [0.2, 0.25) is 0 Å². The summed E-state index contributed by atoms with van der Waals surface area (Å²) in [6, 6.07) is 0. The topological polar surface area (TPSA) is 20.3 Å². The van der Waals surface area contributed by atoms with E-state index in [1.165, 1.54) is 0 Å². The SMILES string of the molecule is CCCCN(CC)C(=O)CC. The highest BCUT2D eigenvalue weighted by atomic mass is 16.2. The van der Waals surface area contributed by atoms with Crippen molar-refractivity contribution in [3.63, 3.8) is 0 Å². The third-order valence-corrected chi connectivity index (χ3v) is 1.82. The summed E-state index contributed by atoms with van der Waals surface area (Å²) in [5.74, 6) is 0.279. The first kappa shape index (κ1) is 10.5. The molecule has 0 aliphatic heterocycles. The number of nitrogens with zero attached hydrogens (tertiary/aromatic N) is 1. The Bertz CT molecular complexity index is 112. The monoisotopic (exact) mass is 157 g/mol. The second-order valence-electron chi connectivity index (χ2n) is 2.68. The van der Waals surface area contributed by atoms with Crippen molar-refractivity contribution >= 4 is 5.91 Å². The van der Waals surface area contributed by atoms with Crippen LogP contribution in [-0.4, -0.2) is 23.9 Å². The third kappa shape index (κ3) is 4.02. The smallest absolute Gasteiger partial charge is 0.222 e. The normalized spacial score (nSPS) is 9.73. The van der Waals surface area contributed by atoms with Gasteiger partial charge in [-0.25, -0.2) is 0 Å². The van der Waals surface area contributed by atoms with Crippen molar-refractivity contribution in [2.45, 2.75) is 40.0 Å². The van der Waals surface area contributed by atoms with Crippen LogP contribution in [0, 0.1) is 0 Å². The predicted molar refractivity (Wildman–Crippen MR) is 47.5 cm³/mol. The van der Waals surface area contributed by atoms with Gasteiger partial charge < -0.3 is 4.90 Å². The number of carbonyl (C=O) groups excluding carboxylic acids is 1. The molecule has 1 amide bonds. The van der Waals surface area contributed by atoms with Crippen LogP contribution in [0.3, 0.4) is 0 Å². The minimum Gasteiger partial charge on any atom is -0.343 e. The first-order chi connectivity index (χ1) is 5.26. The van der Waals surface area contributed by atoms with E-state index in [0.717, 1.165) is 25.9 Å². The molecule has 0 saturated carbocycles. The molecule has 0 aromatic rings. The van der Waals surface area contributed by atoms with Crippen LogP contribution >= 0.6 is 0 Å². The summed E-state index contributed by atoms with van der Waals surface area (Å²) >= 11 is 0. The first-order valence-electron chi connectivity index (χ1n) is 4.54. The summed E-state index contributed by atoms with van der Waals surface area (Å²) in [6.07, 6.45) is 2.92. The molecule has 0 aliphatic rings. The van der Waals surface area contributed by atoms with Crippen LogP contribution in [0.15, 0.2) is 0 Å². The highest BCUT2D eigenvalue weighted by Gasteiger charge is 2.06. The Balaban J connectivity index is 3.65. The zero-order valence-corrected chi connectivity index (χ0v) is 7.89. The number of unbranched alkanes of at least 4 members (excludes halogenated alkanes) is 1. The van der Waals surface area contributed by atoms with Gasteiger partial charge in [0.15, 0.2) is 0 Å². The van der Waals surface area contributed by atoms with Crippen LogP contribution in [0.5, 0.6) is 0 Å². The molecule has 66 valence electrons. The maximum Gasteiger partial charge on any atom is 0.222 e. The molecule has 0 heterocycles. The summed E-state index contributed by atoms with van der Waals surface area (Å²) in [5.41, 5.74) is 0. The molecular formula is C9H19NO. The van der Waals surface area contributed by atoms with Crippen molar-refractivity contribution in [1.82, 2.24) is 4.90 Å². The number of hydrogen-bond donors (Lipinski definition) is 0. The maximum atomic E-state index is 11.2. The van der Waals surface area contributed by atoms with Gasteiger partial charge in [0.25, 0.3) is 0 Å². The highest BCUT2D eigenvalue weighted by molar-refractivity contribution is 5.75. The molecule has 0 aromatic carbocycles. The van der Waals surface area contributed by atoms with Gasteiger partial charge in [-0.2, -0.15) is 0 Å². The van der Waals surface area contributed by atoms with Crippen LogP contribution in [0.1, 0.15) is 40.0 Å². The molecule has 0 unspecified atom stereocenters. The quantitative estimate of drug-likeness (QED) is 0.598. The second-order valence-corrected chi connectivity index (χ2v) is 2.68. The van der Waals surface area contributed by atoms with Crippen LogP contribution < -0.4 is 0 Å². The van der Waals surface area contributed by atoms with Crippen molar-refractivity contribution in [2.75, 3.05) is 13.1 Å². The summed E-state index contributed by atoms with van der Waals surface area (Å²) in [7, 11) is 0.